The summed E-state index contributed by atoms with van der Waals surface area (Å²) in [4.78, 5) is 2.34. The van der Waals surface area contributed by atoms with E-state index in [1.54, 1.807) is 0 Å². The zero-order valence-corrected chi connectivity index (χ0v) is 28.8. The number of aromatic nitrogens is 1. The molecule has 3 nitrogen and oxygen atoms in total. The SMILES string of the molecule is c1ccc(N(c2ccc(-c3ccc4c(ccc5ccccc54)c3)cc2)c2cccc(-c3ccc4c(c3)c3cccc5c3n4-c3ccccc3O5)c2)cc1. The van der Waals surface area contributed by atoms with Crippen LogP contribution in [0.5, 0.6) is 11.5 Å². The lowest BCUT2D eigenvalue weighted by Crippen LogP contribution is -2.09. The van der Waals surface area contributed by atoms with Gasteiger partial charge >= 0.3 is 0 Å². The van der Waals surface area contributed by atoms with Crippen LogP contribution in [-0.2, 0) is 0 Å². The maximum absolute atomic E-state index is 6.36. The lowest BCUT2D eigenvalue weighted by Gasteiger charge is -2.26. The molecule has 0 unspecified atom stereocenters. The van der Waals surface area contributed by atoms with Crippen molar-refractivity contribution >= 4 is 60.4 Å². The van der Waals surface area contributed by atoms with Crippen molar-refractivity contribution in [3.05, 3.63) is 194 Å². The molecular weight excluding hydrogens is 645 g/mol. The molecule has 3 heteroatoms. The van der Waals surface area contributed by atoms with E-state index in [-0.39, 0.29) is 0 Å². The maximum atomic E-state index is 6.36. The van der Waals surface area contributed by atoms with Crippen molar-refractivity contribution in [2.75, 3.05) is 4.90 Å². The van der Waals surface area contributed by atoms with Gasteiger partial charge in [0.15, 0.2) is 11.5 Å². The van der Waals surface area contributed by atoms with Gasteiger partial charge in [-0.05, 0) is 117 Å². The highest BCUT2D eigenvalue weighted by atomic mass is 16.5. The van der Waals surface area contributed by atoms with Gasteiger partial charge in [0, 0.05) is 27.8 Å². The summed E-state index contributed by atoms with van der Waals surface area (Å²) in [6.07, 6.45) is 0. The fourth-order valence-corrected chi connectivity index (χ4v) is 8.24. The Balaban J connectivity index is 0.987. The number of hydrogen-bond donors (Lipinski definition) is 0. The predicted octanol–water partition coefficient (Wildman–Crippen LogP) is 14.0. The summed E-state index contributed by atoms with van der Waals surface area (Å²) in [5.41, 5.74) is 11.4. The molecule has 1 aliphatic rings. The zero-order valence-electron chi connectivity index (χ0n) is 28.8. The van der Waals surface area contributed by atoms with Crippen LogP contribution >= 0.6 is 0 Å². The van der Waals surface area contributed by atoms with E-state index in [1.165, 1.54) is 54.5 Å². The molecule has 0 atom stereocenters. The average molecular weight is 677 g/mol. The van der Waals surface area contributed by atoms with E-state index in [4.69, 9.17) is 4.74 Å². The fourth-order valence-electron chi connectivity index (χ4n) is 8.24. The highest BCUT2D eigenvalue weighted by molar-refractivity contribution is 6.13. The van der Waals surface area contributed by atoms with E-state index in [0.29, 0.717) is 0 Å². The first kappa shape index (κ1) is 29.6. The first-order chi connectivity index (χ1) is 26.3. The second kappa shape index (κ2) is 11.7. The Morgan fingerprint density at radius 3 is 1.92 bits per heavy atom. The van der Waals surface area contributed by atoms with Crippen LogP contribution in [0.25, 0.3) is 71.3 Å². The van der Waals surface area contributed by atoms with E-state index < -0.39 is 0 Å². The number of para-hydroxylation sites is 4. The van der Waals surface area contributed by atoms with Crippen LogP contribution < -0.4 is 9.64 Å². The summed E-state index contributed by atoms with van der Waals surface area (Å²) in [6, 6.07) is 69.8. The predicted molar refractivity (Wildman–Crippen MR) is 221 cm³/mol. The van der Waals surface area contributed by atoms with E-state index in [1.807, 2.05) is 12.1 Å². The lowest BCUT2D eigenvalue weighted by atomic mass is 9.97. The van der Waals surface area contributed by atoms with Crippen molar-refractivity contribution < 1.29 is 4.74 Å². The van der Waals surface area contributed by atoms with Crippen LogP contribution in [0.3, 0.4) is 0 Å². The lowest BCUT2D eigenvalue weighted by molar-refractivity contribution is 0.476. The van der Waals surface area contributed by atoms with Crippen LogP contribution in [0.1, 0.15) is 0 Å². The molecule has 0 spiro atoms. The van der Waals surface area contributed by atoms with Crippen molar-refractivity contribution in [1.82, 2.24) is 4.57 Å². The molecule has 11 rings (SSSR count). The van der Waals surface area contributed by atoms with E-state index >= 15 is 0 Å². The molecule has 0 saturated heterocycles. The molecule has 0 N–H and O–H groups in total. The summed E-state index contributed by atoms with van der Waals surface area (Å²) in [6.45, 7) is 0. The van der Waals surface area contributed by atoms with Gasteiger partial charge in [-0.25, -0.2) is 0 Å². The monoisotopic (exact) mass is 676 g/mol. The smallest absolute Gasteiger partial charge is 0.152 e. The number of rotatable bonds is 5. The average Bonchev–Trinajstić information content (AvgIpc) is 3.56. The van der Waals surface area contributed by atoms with Gasteiger partial charge in [-0.1, -0.05) is 121 Å². The Morgan fingerprint density at radius 1 is 0.358 bits per heavy atom. The second-order valence-corrected chi connectivity index (χ2v) is 13.8. The minimum absolute atomic E-state index is 0.877. The number of ether oxygens (including phenoxy) is 1. The molecule has 10 aromatic rings. The summed E-state index contributed by atoms with van der Waals surface area (Å²) >= 11 is 0. The standard InChI is InChI=1S/C50H32N2O/c1-2-12-39(13-3-1)51(40-26-22-33(23-27-40)36-24-28-43-38(30-36)21-20-34-10-4-5-15-42(34)43)41-14-8-11-35(31-41)37-25-29-46-45(32-37)44-16-9-19-49-50(44)52(46)47-17-6-7-18-48(47)53-49/h1-32H. The number of anilines is 3. The summed E-state index contributed by atoms with van der Waals surface area (Å²) in [7, 11) is 0. The summed E-state index contributed by atoms with van der Waals surface area (Å²) < 4.78 is 8.70. The van der Waals surface area contributed by atoms with E-state index in [2.05, 4.69) is 191 Å². The normalized spacial score (nSPS) is 11.9. The molecule has 0 radical (unpaired) electrons. The first-order valence-corrected chi connectivity index (χ1v) is 18.1. The topological polar surface area (TPSA) is 17.4 Å². The van der Waals surface area contributed by atoms with Crippen molar-refractivity contribution in [3.8, 4) is 39.4 Å². The molecule has 248 valence electrons. The number of benzene rings is 9. The molecule has 0 fully saturated rings. The molecule has 0 bridgehead atoms. The van der Waals surface area contributed by atoms with Gasteiger partial charge < -0.3 is 14.2 Å². The maximum Gasteiger partial charge on any atom is 0.152 e. The summed E-state index contributed by atoms with van der Waals surface area (Å²) in [5.74, 6) is 1.77. The molecule has 0 aliphatic carbocycles. The molecule has 0 amide bonds. The highest BCUT2D eigenvalue weighted by Crippen LogP contribution is 2.46. The Hall–Kier alpha value is -7.10. The van der Waals surface area contributed by atoms with Crippen molar-refractivity contribution in [1.29, 1.82) is 0 Å². The Bertz CT molecular complexity index is 3030. The minimum atomic E-state index is 0.877. The molecule has 1 aliphatic heterocycles. The minimum Gasteiger partial charge on any atom is -0.453 e. The Morgan fingerprint density at radius 2 is 1.00 bits per heavy atom. The molecule has 9 aromatic carbocycles. The van der Waals surface area contributed by atoms with Crippen molar-refractivity contribution in [2.24, 2.45) is 0 Å². The third-order valence-electron chi connectivity index (χ3n) is 10.7. The van der Waals surface area contributed by atoms with Gasteiger partial charge in [-0.2, -0.15) is 0 Å². The fraction of sp³-hybridized carbons (Fsp3) is 0. The summed E-state index contributed by atoms with van der Waals surface area (Å²) in [5, 5.41) is 7.50. The van der Waals surface area contributed by atoms with Crippen molar-refractivity contribution in [3.63, 3.8) is 0 Å². The second-order valence-electron chi connectivity index (χ2n) is 13.8. The van der Waals surface area contributed by atoms with Gasteiger partial charge in [0.25, 0.3) is 0 Å². The van der Waals surface area contributed by atoms with Crippen LogP contribution in [-0.4, -0.2) is 4.57 Å². The van der Waals surface area contributed by atoms with Gasteiger partial charge in [0.1, 0.15) is 0 Å². The van der Waals surface area contributed by atoms with E-state index in [0.717, 1.165) is 45.3 Å². The van der Waals surface area contributed by atoms with Gasteiger partial charge in [-0.15, -0.1) is 0 Å². The van der Waals surface area contributed by atoms with E-state index in [9.17, 15) is 0 Å². The first-order valence-electron chi connectivity index (χ1n) is 18.1. The van der Waals surface area contributed by atoms with Crippen LogP contribution in [0.4, 0.5) is 17.1 Å². The highest BCUT2D eigenvalue weighted by Gasteiger charge is 2.23. The quantitative estimate of drug-likeness (QED) is 0.169. The van der Waals surface area contributed by atoms with Crippen molar-refractivity contribution in [2.45, 2.75) is 0 Å². The third kappa shape index (κ3) is 4.75. The number of fused-ring (bicyclic) bond motifs is 8. The molecule has 0 saturated carbocycles. The zero-order chi connectivity index (χ0) is 34.9. The Kier molecular flexibility index (Phi) is 6.55. The molecular formula is C50H32N2O. The van der Waals surface area contributed by atoms with Gasteiger partial charge in [-0.3, -0.25) is 0 Å². The van der Waals surface area contributed by atoms with Crippen LogP contribution in [0.2, 0.25) is 0 Å². The van der Waals surface area contributed by atoms with Gasteiger partial charge in [0.2, 0.25) is 0 Å². The molecule has 1 aromatic heterocycles. The number of nitrogens with zero attached hydrogens (tertiary/aromatic N) is 2. The third-order valence-corrected chi connectivity index (χ3v) is 10.7. The molecule has 53 heavy (non-hydrogen) atoms. The van der Waals surface area contributed by atoms with Crippen LogP contribution in [0.15, 0.2) is 194 Å². The Labute approximate surface area is 307 Å². The van der Waals surface area contributed by atoms with Gasteiger partial charge in [0.05, 0.1) is 16.7 Å². The van der Waals surface area contributed by atoms with Crippen LogP contribution in [0, 0.1) is 0 Å². The largest absolute Gasteiger partial charge is 0.453 e. The molecule has 2 heterocycles. The number of hydrogen-bond acceptors (Lipinski definition) is 2.